The van der Waals surface area contributed by atoms with Crippen molar-refractivity contribution in [3.63, 3.8) is 0 Å². The molecule has 0 unspecified atom stereocenters. The summed E-state index contributed by atoms with van der Waals surface area (Å²) in [6.07, 6.45) is 5.84. The molecule has 1 fully saturated rings. The summed E-state index contributed by atoms with van der Waals surface area (Å²) in [6.45, 7) is 4.87. The average molecular weight is 258 g/mol. The summed E-state index contributed by atoms with van der Waals surface area (Å²) >= 11 is 0. The summed E-state index contributed by atoms with van der Waals surface area (Å²) in [5.74, 6) is 2.26. The largest absolute Gasteiger partial charge is 0.344 e. The molecule has 1 N–H and O–H groups in total. The Labute approximate surface area is 112 Å². The van der Waals surface area contributed by atoms with Gasteiger partial charge in [0.2, 0.25) is 5.95 Å². The van der Waals surface area contributed by atoms with Crippen LogP contribution in [0.2, 0.25) is 0 Å². The summed E-state index contributed by atoms with van der Waals surface area (Å²) < 4.78 is 1.94. The van der Waals surface area contributed by atoms with Crippen molar-refractivity contribution < 1.29 is 0 Å². The fraction of sp³-hybridized carbons (Fsp3) is 0.538. The summed E-state index contributed by atoms with van der Waals surface area (Å²) in [5.41, 5.74) is 0.962. The van der Waals surface area contributed by atoms with Gasteiger partial charge in [-0.1, -0.05) is 0 Å². The summed E-state index contributed by atoms with van der Waals surface area (Å²) in [4.78, 5) is 13.1. The molecule has 6 nitrogen and oxygen atoms in total. The van der Waals surface area contributed by atoms with Crippen LogP contribution >= 0.6 is 0 Å². The van der Waals surface area contributed by atoms with Gasteiger partial charge in [-0.3, -0.25) is 0 Å². The number of aryl methyl sites for hydroxylation is 2. The van der Waals surface area contributed by atoms with Gasteiger partial charge in [-0.05, 0) is 38.7 Å². The Morgan fingerprint density at radius 3 is 2.95 bits per heavy atom. The molecule has 1 aliphatic carbocycles. The van der Waals surface area contributed by atoms with Crippen LogP contribution in [0.4, 0.5) is 5.95 Å². The Morgan fingerprint density at radius 2 is 2.26 bits per heavy atom. The number of rotatable bonds is 5. The second kappa shape index (κ2) is 4.95. The predicted octanol–water partition coefficient (Wildman–Crippen LogP) is 1.96. The quantitative estimate of drug-likeness (QED) is 0.887. The van der Waals surface area contributed by atoms with Crippen LogP contribution < -0.4 is 5.32 Å². The van der Waals surface area contributed by atoms with E-state index in [-0.39, 0.29) is 6.04 Å². The van der Waals surface area contributed by atoms with Crippen molar-refractivity contribution in [1.29, 1.82) is 0 Å². The lowest BCUT2D eigenvalue weighted by Gasteiger charge is -2.18. The molecule has 0 aliphatic heterocycles. The maximum atomic E-state index is 4.41. The Bertz CT molecular complexity index is 560. The van der Waals surface area contributed by atoms with Crippen LogP contribution in [-0.2, 0) is 6.54 Å². The van der Waals surface area contributed by atoms with Crippen molar-refractivity contribution in [3.8, 4) is 0 Å². The zero-order valence-corrected chi connectivity index (χ0v) is 11.2. The van der Waals surface area contributed by atoms with E-state index in [1.807, 2.05) is 17.7 Å². The van der Waals surface area contributed by atoms with Crippen LogP contribution in [0.1, 0.15) is 37.3 Å². The molecule has 0 amide bonds. The van der Waals surface area contributed by atoms with Gasteiger partial charge in [0.1, 0.15) is 12.2 Å². The Balaban J connectivity index is 1.86. The van der Waals surface area contributed by atoms with E-state index in [1.54, 1.807) is 12.5 Å². The van der Waals surface area contributed by atoms with Crippen molar-refractivity contribution in [2.24, 2.45) is 5.92 Å². The van der Waals surface area contributed by atoms with Gasteiger partial charge in [0, 0.05) is 18.4 Å². The molecule has 2 heterocycles. The third-order valence-electron chi connectivity index (χ3n) is 3.40. The maximum Gasteiger partial charge on any atom is 0.223 e. The summed E-state index contributed by atoms with van der Waals surface area (Å²) in [5, 5.41) is 7.66. The second-order valence-corrected chi connectivity index (χ2v) is 4.92. The minimum Gasteiger partial charge on any atom is -0.344 e. The van der Waals surface area contributed by atoms with Gasteiger partial charge in [-0.15, -0.1) is 0 Å². The molecule has 2 aromatic rings. The second-order valence-electron chi connectivity index (χ2n) is 4.92. The maximum absolute atomic E-state index is 4.41. The SMILES string of the molecule is CCn1ncnc1[C@@H](Nc1nccc(C)n1)C1CC1. The van der Waals surface area contributed by atoms with E-state index in [9.17, 15) is 0 Å². The van der Waals surface area contributed by atoms with Gasteiger partial charge in [0.25, 0.3) is 0 Å². The highest BCUT2D eigenvalue weighted by atomic mass is 15.3. The molecule has 3 rings (SSSR count). The zero-order valence-electron chi connectivity index (χ0n) is 11.2. The van der Waals surface area contributed by atoms with Crippen LogP contribution in [-0.4, -0.2) is 24.7 Å². The molecule has 100 valence electrons. The minimum absolute atomic E-state index is 0.157. The molecule has 2 aromatic heterocycles. The van der Waals surface area contributed by atoms with Crippen LogP contribution in [0.3, 0.4) is 0 Å². The van der Waals surface area contributed by atoms with Crippen molar-refractivity contribution in [3.05, 3.63) is 30.1 Å². The zero-order chi connectivity index (χ0) is 13.2. The van der Waals surface area contributed by atoms with Crippen LogP contribution in [0, 0.1) is 12.8 Å². The molecule has 0 radical (unpaired) electrons. The number of nitrogens with zero attached hydrogens (tertiary/aromatic N) is 5. The van der Waals surface area contributed by atoms with Gasteiger partial charge in [-0.25, -0.2) is 19.6 Å². The van der Waals surface area contributed by atoms with Crippen molar-refractivity contribution in [2.45, 2.75) is 39.3 Å². The topological polar surface area (TPSA) is 68.5 Å². The van der Waals surface area contributed by atoms with E-state index in [0.29, 0.717) is 11.9 Å². The van der Waals surface area contributed by atoms with Crippen molar-refractivity contribution in [2.75, 3.05) is 5.32 Å². The molecule has 0 aromatic carbocycles. The Morgan fingerprint density at radius 1 is 1.42 bits per heavy atom. The van der Waals surface area contributed by atoms with Gasteiger partial charge in [-0.2, -0.15) is 5.10 Å². The Hall–Kier alpha value is -1.98. The third kappa shape index (κ3) is 2.57. The lowest BCUT2D eigenvalue weighted by Crippen LogP contribution is -2.20. The standard InChI is InChI=1S/C13H18N6/c1-3-19-12(15-8-16-19)11(10-4-5-10)18-13-14-7-6-9(2)17-13/h6-8,10-11H,3-5H2,1-2H3,(H,14,17,18)/t11-/m0/s1. The molecular weight excluding hydrogens is 240 g/mol. The molecule has 1 atom stereocenters. The van der Waals surface area contributed by atoms with E-state index < -0.39 is 0 Å². The number of hydrogen-bond donors (Lipinski definition) is 1. The van der Waals surface area contributed by atoms with Gasteiger partial charge < -0.3 is 5.32 Å². The molecular formula is C13H18N6. The highest BCUT2D eigenvalue weighted by Crippen LogP contribution is 2.41. The minimum atomic E-state index is 0.157. The van der Waals surface area contributed by atoms with Gasteiger partial charge in [0.15, 0.2) is 0 Å². The summed E-state index contributed by atoms with van der Waals surface area (Å²) in [7, 11) is 0. The van der Waals surface area contributed by atoms with Gasteiger partial charge >= 0.3 is 0 Å². The smallest absolute Gasteiger partial charge is 0.223 e. The lowest BCUT2D eigenvalue weighted by atomic mass is 10.1. The first kappa shape index (κ1) is 12.1. The predicted molar refractivity (Wildman–Crippen MR) is 71.6 cm³/mol. The first-order chi connectivity index (χ1) is 9.28. The van der Waals surface area contributed by atoms with Crippen molar-refractivity contribution in [1.82, 2.24) is 24.7 Å². The van der Waals surface area contributed by atoms with Gasteiger partial charge in [0.05, 0.1) is 6.04 Å². The first-order valence-corrected chi connectivity index (χ1v) is 6.72. The molecule has 6 heteroatoms. The fourth-order valence-corrected chi connectivity index (χ4v) is 2.24. The molecule has 0 saturated heterocycles. The summed E-state index contributed by atoms with van der Waals surface area (Å²) in [6, 6.07) is 2.05. The third-order valence-corrected chi connectivity index (χ3v) is 3.40. The molecule has 19 heavy (non-hydrogen) atoms. The van der Waals surface area contributed by atoms with E-state index >= 15 is 0 Å². The number of anilines is 1. The lowest BCUT2D eigenvalue weighted by molar-refractivity contribution is 0.543. The number of nitrogens with one attached hydrogen (secondary N) is 1. The molecule has 1 aliphatic rings. The van der Waals surface area contributed by atoms with E-state index in [0.717, 1.165) is 18.1 Å². The highest BCUT2D eigenvalue weighted by molar-refractivity contribution is 5.29. The molecule has 0 spiro atoms. The van der Waals surface area contributed by atoms with Crippen LogP contribution in [0.15, 0.2) is 18.6 Å². The monoisotopic (exact) mass is 258 g/mol. The van der Waals surface area contributed by atoms with E-state index in [4.69, 9.17) is 0 Å². The van der Waals surface area contributed by atoms with E-state index in [2.05, 4.69) is 32.3 Å². The number of aromatic nitrogens is 5. The van der Waals surface area contributed by atoms with Crippen LogP contribution in [0.5, 0.6) is 0 Å². The highest BCUT2D eigenvalue weighted by Gasteiger charge is 2.35. The molecule has 1 saturated carbocycles. The molecule has 0 bridgehead atoms. The average Bonchev–Trinajstić information content (AvgIpc) is 3.13. The Kier molecular flexibility index (Phi) is 3.15. The van der Waals surface area contributed by atoms with E-state index in [1.165, 1.54) is 12.8 Å². The fourth-order valence-electron chi connectivity index (χ4n) is 2.24. The van der Waals surface area contributed by atoms with Crippen molar-refractivity contribution >= 4 is 5.95 Å². The van der Waals surface area contributed by atoms with Crippen LogP contribution in [0.25, 0.3) is 0 Å². The normalized spacial score (nSPS) is 16.3. The number of hydrogen-bond acceptors (Lipinski definition) is 5. The first-order valence-electron chi connectivity index (χ1n) is 6.72.